The summed E-state index contributed by atoms with van der Waals surface area (Å²) >= 11 is 4.79. The third kappa shape index (κ3) is 4.87. The van der Waals surface area contributed by atoms with Crippen molar-refractivity contribution in [2.24, 2.45) is 5.73 Å². The van der Waals surface area contributed by atoms with Crippen molar-refractivity contribution in [3.05, 3.63) is 0 Å². The van der Waals surface area contributed by atoms with Crippen molar-refractivity contribution >= 4 is 23.1 Å². The van der Waals surface area contributed by atoms with Crippen LogP contribution in [0.5, 0.6) is 0 Å². The Bertz CT molecular complexity index is 254. The molecule has 0 radical (unpaired) electrons. The largest absolute Gasteiger partial charge is 0.393 e. The summed E-state index contributed by atoms with van der Waals surface area (Å²) in [5, 5.41) is 0. The van der Waals surface area contributed by atoms with Crippen molar-refractivity contribution in [2.75, 3.05) is 46.4 Å². The summed E-state index contributed by atoms with van der Waals surface area (Å²) in [4.78, 5) is 16.1. The van der Waals surface area contributed by atoms with E-state index in [9.17, 15) is 4.79 Å². The van der Waals surface area contributed by atoms with Gasteiger partial charge in [-0.25, -0.2) is 0 Å². The number of ether oxygens (including phenoxy) is 1. The predicted molar refractivity (Wildman–Crippen MR) is 66.3 cm³/mol. The maximum Gasteiger partial charge on any atom is 0.236 e. The Morgan fingerprint density at radius 2 is 2.12 bits per heavy atom. The number of carbonyl (C=O) groups is 1. The molecule has 0 saturated carbocycles. The summed E-state index contributed by atoms with van der Waals surface area (Å²) in [7, 11) is 1.90. The van der Waals surface area contributed by atoms with Gasteiger partial charge in [0.15, 0.2) is 0 Å². The molecule has 1 saturated heterocycles. The van der Waals surface area contributed by atoms with E-state index < -0.39 is 0 Å². The van der Waals surface area contributed by atoms with Crippen LogP contribution in [0.4, 0.5) is 0 Å². The lowest BCUT2D eigenvalue weighted by Gasteiger charge is -2.28. The van der Waals surface area contributed by atoms with Crippen LogP contribution in [0.2, 0.25) is 0 Å². The van der Waals surface area contributed by atoms with Crippen LogP contribution in [0.3, 0.4) is 0 Å². The summed E-state index contributed by atoms with van der Waals surface area (Å²) in [6.45, 7) is 3.82. The average Bonchev–Trinajstić information content (AvgIpc) is 2.27. The van der Waals surface area contributed by atoms with Crippen LogP contribution >= 0.6 is 12.2 Å². The molecule has 1 amide bonds. The van der Waals surface area contributed by atoms with E-state index in [4.69, 9.17) is 22.7 Å². The number of thiocarbonyl (C=S) groups is 1. The number of likely N-dealkylation sites (N-methyl/N-ethyl adjacent to an activating group) is 1. The monoisotopic (exact) mass is 245 g/mol. The van der Waals surface area contributed by atoms with Gasteiger partial charge in [0.1, 0.15) is 0 Å². The van der Waals surface area contributed by atoms with E-state index in [0.717, 1.165) is 6.54 Å². The minimum atomic E-state index is 0.147. The highest BCUT2D eigenvalue weighted by Crippen LogP contribution is 1.99. The standard InChI is InChI=1S/C10H19N3O2S/c1-12(3-2-9(11)16)8-10(14)13-4-6-15-7-5-13/h2-8H2,1H3,(H2,11,16). The van der Waals surface area contributed by atoms with Gasteiger partial charge in [0.05, 0.1) is 24.7 Å². The molecule has 1 rings (SSSR count). The molecule has 1 aliphatic heterocycles. The zero-order valence-corrected chi connectivity index (χ0v) is 10.5. The van der Waals surface area contributed by atoms with Crippen molar-refractivity contribution in [3.63, 3.8) is 0 Å². The minimum Gasteiger partial charge on any atom is -0.393 e. The first kappa shape index (κ1) is 13.3. The molecule has 5 nitrogen and oxygen atoms in total. The Kier molecular flexibility index (Phi) is 5.65. The number of hydrogen-bond donors (Lipinski definition) is 1. The van der Waals surface area contributed by atoms with Crippen LogP contribution in [0.15, 0.2) is 0 Å². The SMILES string of the molecule is CN(CCC(N)=S)CC(=O)N1CCOCC1. The molecule has 2 N–H and O–H groups in total. The summed E-state index contributed by atoms with van der Waals surface area (Å²) in [5.41, 5.74) is 5.41. The summed E-state index contributed by atoms with van der Waals surface area (Å²) in [5.74, 6) is 0.147. The highest BCUT2D eigenvalue weighted by Gasteiger charge is 2.17. The van der Waals surface area contributed by atoms with E-state index >= 15 is 0 Å². The molecular formula is C10H19N3O2S. The first-order valence-electron chi connectivity index (χ1n) is 5.42. The molecule has 0 unspecified atom stereocenters. The second-order valence-corrected chi connectivity index (χ2v) is 4.47. The fourth-order valence-corrected chi connectivity index (χ4v) is 1.62. The number of nitrogens with two attached hydrogens (primary N) is 1. The summed E-state index contributed by atoms with van der Waals surface area (Å²) in [6.07, 6.45) is 0.655. The first-order valence-corrected chi connectivity index (χ1v) is 5.83. The molecule has 0 aliphatic carbocycles. The zero-order chi connectivity index (χ0) is 12.0. The van der Waals surface area contributed by atoms with Gasteiger partial charge in [0.25, 0.3) is 0 Å². The molecule has 0 spiro atoms. The third-order valence-electron chi connectivity index (χ3n) is 2.51. The second kappa shape index (κ2) is 6.78. The van der Waals surface area contributed by atoms with Gasteiger partial charge in [-0.05, 0) is 7.05 Å². The Labute approximate surface area is 102 Å². The van der Waals surface area contributed by atoms with Gasteiger partial charge < -0.3 is 15.4 Å². The zero-order valence-electron chi connectivity index (χ0n) is 9.65. The van der Waals surface area contributed by atoms with E-state index in [1.54, 1.807) is 0 Å². The van der Waals surface area contributed by atoms with Crippen molar-refractivity contribution < 1.29 is 9.53 Å². The second-order valence-electron chi connectivity index (χ2n) is 3.95. The maximum atomic E-state index is 11.8. The predicted octanol–water partition coefficient (Wildman–Crippen LogP) is -0.547. The van der Waals surface area contributed by atoms with E-state index in [1.807, 2.05) is 16.8 Å². The van der Waals surface area contributed by atoms with Crippen LogP contribution in [-0.4, -0.2) is 67.1 Å². The molecule has 92 valence electrons. The van der Waals surface area contributed by atoms with Crippen LogP contribution in [0.1, 0.15) is 6.42 Å². The molecule has 1 fully saturated rings. The molecule has 1 heterocycles. The lowest BCUT2D eigenvalue weighted by molar-refractivity contribution is -0.136. The molecule has 0 aromatic heterocycles. The summed E-state index contributed by atoms with van der Waals surface area (Å²) in [6, 6.07) is 0. The minimum absolute atomic E-state index is 0.147. The Morgan fingerprint density at radius 3 is 2.69 bits per heavy atom. The topological polar surface area (TPSA) is 58.8 Å². The number of amides is 1. The Morgan fingerprint density at radius 1 is 1.50 bits per heavy atom. The van der Waals surface area contributed by atoms with Gasteiger partial charge in [-0.15, -0.1) is 0 Å². The third-order valence-corrected chi connectivity index (χ3v) is 2.71. The maximum absolute atomic E-state index is 11.8. The first-order chi connectivity index (χ1) is 7.59. The molecule has 6 heteroatoms. The van der Waals surface area contributed by atoms with Crippen LogP contribution < -0.4 is 5.73 Å². The fraction of sp³-hybridized carbons (Fsp3) is 0.800. The normalized spacial score (nSPS) is 16.5. The van der Waals surface area contributed by atoms with E-state index in [1.165, 1.54) is 0 Å². The smallest absolute Gasteiger partial charge is 0.236 e. The number of morpholine rings is 1. The van der Waals surface area contributed by atoms with E-state index in [0.29, 0.717) is 44.3 Å². The van der Waals surface area contributed by atoms with E-state index in [2.05, 4.69) is 0 Å². The summed E-state index contributed by atoms with van der Waals surface area (Å²) < 4.78 is 5.19. The van der Waals surface area contributed by atoms with Crippen molar-refractivity contribution in [3.8, 4) is 0 Å². The van der Waals surface area contributed by atoms with Gasteiger partial charge in [-0.1, -0.05) is 12.2 Å². The van der Waals surface area contributed by atoms with Gasteiger partial charge >= 0.3 is 0 Å². The lowest BCUT2D eigenvalue weighted by atomic mass is 10.3. The highest BCUT2D eigenvalue weighted by molar-refractivity contribution is 7.80. The quantitative estimate of drug-likeness (QED) is 0.659. The van der Waals surface area contributed by atoms with Gasteiger partial charge in [0.2, 0.25) is 5.91 Å². The molecule has 1 aliphatic rings. The Hall–Kier alpha value is -0.720. The Balaban J connectivity index is 2.23. The molecular weight excluding hydrogens is 226 g/mol. The fourth-order valence-electron chi connectivity index (χ4n) is 1.52. The van der Waals surface area contributed by atoms with Gasteiger partial charge in [0, 0.05) is 26.1 Å². The number of nitrogens with zero attached hydrogens (tertiary/aromatic N) is 2. The van der Waals surface area contributed by atoms with Crippen molar-refractivity contribution in [1.82, 2.24) is 9.80 Å². The molecule has 16 heavy (non-hydrogen) atoms. The van der Waals surface area contributed by atoms with Gasteiger partial charge in [-0.2, -0.15) is 0 Å². The van der Waals surface area contributed by atoms with Crippen LogP contribution in [0, 0.1) is 0 Å². The number of hydrogen-bond acceptors (Lipinski definition) is 4. The molecule has 0 atom stereocenters. The van der Waals surface area contributed by atoms with Crippen LogP contribution in [0.25, 0.3) is 0 Å². The van der Waals surface area contributed by atoms with Crippen LogP contribution in [-0.2, 0) is 9.53 Å². The number of carbonyl (C=O) groups excluding carboxylic acids is 1. The lowest BCUT2D eigenvalue weighted by Crippen LogP contribution is -2.45. The molecule has 0 bridgehead atoms. The number of rotatable bonds is 5. The van der Waals surface area contributed by atoms with Crippen molar-refractivity contribution in [1.29, 1.82) is 0 Å². The average molecular weight is 245 g/mol. The van der Waals surface area contributed by atoms with Crippen molar-refractivity contribution in [2.45, 2.75) is 6.42 Å². The molecule has 0 aromatic rings. The molecule has 0 aromatic carbocycles. The van der Waals surface area contributed by atoms with E-state index in [-0.39, 0.29) is 5.91 Å². The van der Waals surface area contributed by atoms with Gasteiger partial charge in [-0.3, -0.25) is 9.69 Å². The highest BCUT2D eigenvalue weighted by atomic mass is 32.1.